The summed E-state index contributed by atoms with van der Waals surface area (Å²) in [7, 11) is 0. The second kappa shape index (κ2) is 4.82. The summed E-state index contributed by atoms with van der Waals surface area (Å²) >= 11 is 0. The first-order valence-corrected chi connectivity index (χ1v) is 5.55. The molecular formula is C13H15N3O. The van der Waals surface area contributed by atoms with Crippen LogP contribution >= 0.6 is 0 Å². The van der Waals surface area contributed by atoms with Crippen LogP contribution in [0.15, 0.2) is 37.2 Å². The number of hydrogen-bond donors (Lipinski definition) is 2. The molecule has 88 valence electrons. The Morgan fingerprint density at radius 3 is 3.24 bits per heavy atom. The Labute approximate surface area is 99.8 Å². The van der Waals surface area contributed by atoms with E-state index in [4.69, 9.17) is 0 Å². The lowest BCUT2D eigenvalue weighted by atomic mass is 10.1. The molecule has 2 aromatic rings. The van der Waals surface area contributed by atoms with E-state index in [0.717, 1.165) is 17.5 Å². The first-order chi connectivity index (χ1) is 8.20. The zero-order chi connectivity index (χ0) is 12.3. The third kappa shape index (κ3) is 2.53. The van der Waals surface area contributed by atoms with Crippen LogP contribution in [0.1, 0.15) is 23.7 Å². The molecule has 2 rings (SSSR count). The highest BCUT2D eigenvalue weighted by Gasteiger charge is 2.09. The highest BCUT2D eigenvalue weighted by Crippen LogP contribution is 2.11. The molecule has 0 fully saturated rings. The highest BCUT2D eigenvalue weighted by molar-refractivity contribution is 5.97. The highest BCUT2D eigenvalue weighted by atomic mass is 16.1. The smallest absolute Gasteiger partial charge is 0.251 e. The minimum Gasteiger partial charge on any atom is -0.349 e. The van der Waals surface area contributed by atoms with Crippen LogP contribution in [0, 0.1) is 0 Å². The number of nitrogens with zero attached hydrogens (tertiary/aromatic N) is 1. The van der Waals surface area contributed by atoms with Gasteiger partial charge in [-0.1, -0.05) is 6.08 Å². The molecule has 0 spiro atoms. The molecule has 1 heterocycles. The fourth-order valence-corrected chi connectivity index (χ4v) is 1.69. The molecule has 0 radical (unpaired) electrons. The fourth-order valence-electron chi connectivity index (χ4n) is 1.69. The Morgan fingerprint density at radius 2 is 2.47 bits per heavy atom. The summed E-state index contributed by atoms with van der Waals surface area (Å²) in [6.45, 7) is 5.60. The van der Waals surface area contributed by atoms with E-state index in [2.05, 4.69) is 21.9 Å². The summed E-state index contributed by atoms with van der Waals surface area (Å²) in [4.78, 5) is 19.0. The number of benzene rings is 1. The predicted molar refractivity (Wildman–Crippen MR) is 67.8 cm³/mol. The number of carbonyl (C=O) groups excluding carboxylic acids is 1. The fraction of sp³-hybridized carbons (Fsp3) is 0.231. The zero-order valence-corrected chi connectivity index (χ0v) is 9.73. The van der Waals surface area contributed by atoms with Gasteiger partial charge in [0, 0.05) is 11.6 Å². The quantitative estimate of drug-likeness (QED) is 0.790. The second-order valence-corrected chi connectivity index (χ2v) is 4.03. The molecule has 0 aliphatic rings. The van der Waals surface area contributed by atoms with Crippen molar-refractivity contribution in [1.82, 2.24) is 15.3 Å². The summed E-state index contributed by atoms with van der Waals surface area (Å²) in [5.41, 5.74) is 2.37. The van der Waals surface area contributed by atoms with Gasteiger partial charge in [-0.25, -0.2) is 4.98 Å². The molecular weight excluding hydrogens is 214 g/mol. The first kappa shape index (κ1) is 11.4. The van der Waals surface area contributed by atoms with Crippen LogP contribution in [0.25, 0.3) is 11.0 Å². The Hall–Kier alpha value is -2.10. The van der Waals surface area contributed by atoms with Crippen molar-refractivity contribution in [1.29, 1.82) is 0 Å². The lowest BCUT2D eigenvalue weighted by Gasteiger charge is -2.11. The average Bonchev–Trinajstić information content (AvgIpc) is 2.75. The molecule has 0 saturated carbocycles. The van der Waals surface area contributed by atoms with Crippen molar-refractivity contribution in [2.75, 3.05) is 0 Å². The van der Waals surface area contributed by atoms with Crippen LogP contribution in [0.4, 0.5) is 0 Å². The maximum atomic E-state index is 11.9. The maximum Gasteiger partial charge on any atom is 0.251 e. The number of hydrogen-bond acceptors (Lipinski definition) is 2. The van der Waals surface area contributed by atoms with Gasteiger partial charge in [0.1, 0.15) is 0 Å². The van der Waals surface area contributed by atoms with E-state index in [-0.39, 0.29) is 11.9 Å². The number of rotatable bonds is 4. The molecule has 1 atom stereocenters. The van der Waals surface area contributed by atoms with Crippen LogP contribution in [0.5, 0.6) is 0 Å². The maximum absolute atomic E-state index is 11.9. The summed E-state index contributed by atoms with van der Waals surface area (Å²) in [6, 6.07) is 5.51. The molecule has 1 amide bonds. The van der Waals surface area contributed by atoms with E-state index in [1.807, 2.05) is 13.0 Å². The molecule has 4 heteroatoms. The van der Waals surface area contributed by atoms with Crippen molar-refractivity contribution in [3.63, 3.8) is 0 Å². The van der Waals surface area contributed by atoms with Gasteiger partial charge in [0.2, 0.25) is 0 Å². The van der Waals surface area contributed by atoms with Gasteiger partial charge in [-0.05, 0) is 31.5 Å². The number of carbonyl (C=O) groups is 1. The third-order valence-electron chi connectivity index (χ3n) is 2.58. The van der Waals surface area contributed by atoms with Crippen LogP contribution in [0.3, 0.4) is 0 Å². The van der Waals surface area contributed by atoms with Gasteiger partial charge >= 0.3 is 0 Å². The van der Waals surface area contributed by atoms with E-state index in [1.165, 1.54) is 0 Å². The van der Waals surface area contributed by atoms with Crippen molar-refractivity contribution in [3.05, 3.63) is 42.7 Å². The third-order valence-corrected chi connectivity index (χ3v) is 2.58. The number of nitrogens with one attached hydrogen (secondary N) is 2. The average molecular weight is 229 g/mol. The number of amides is 1. The number of aromatic amines is 1. The number of H-pyrrole nitrogens is 1. The molecule has 0 saturated heterocycles. The van der Waals surface area contributed by atoms with Gasteiger partial charge in [-0.2, -0.15) is 0 Å². The SMILES string of the molecule is C=CCC(C)NC(=O)c1ccc2nc[nH]c2c1. The zero-order valence-electron chi connectivity index (χ0n) is 9.73. The molecule has 17 heavy (non-hydrogen) atoms. The Morgan fingerprint density at radius 1 is 1.65 bits per heavy atom. The molecule has 1 unspecified atom stereocenters. The van der Waals surface area contributed by atoms with Gasteiger partial charge < -0.3 is 10.3 Å². The molecule has 1 aromatic heterocycles. The molecule has 2 N–H and O–H groups in total. The predicted octanol–water partition coefficient (Wildman–Crippen LogP) is 2.26. The van der Waals surface area contributed by atoms with Gasteiger partial charge in [-0.3, -0.25) is 4.79 Å². The standard InChI is InChI=1S/C13H15N3O/c1-3-4-9(2)16-13(17)10-5-6-11-12(7-10)15-8-14-11/h3,5-9H,1,4H2,2H3,(H,14,15)(H,16,17). The summed E-state index contributed by atoms with van der Waals surface area (Å²) < 4.78 is 0. The van der Waals surface area contributed by atoms with E-state index in [0.29, 0.717) is 5.56 Å². The van der Waals surface area contributed by atoms with E-state index in [9.17, 15) is 4.79 Å². The minimum absolute atomic E-state index is 0.0733. The summed E-state index contributed by atoms with van der Waals surface area (Å²) in [6.07, 6.45) is 4.17. The van der Waals surface area contributed by atoms with Crippen LogP contribution < -0.4 is 5.32 Å². The first-order valence-electron chi connectivity index (χ1n) is 5.55. The van der Waals surface area contributed by atoms with Crippen molar-refractivity contribution in [3.8, 4) is 0 Å². The minimum atomic E-state index is -0.0733. The lowest BCUT2D eigenvalue weighted by Crippen LogP contribution is -2.32. The number of imidazole rings is 1. The lowest BCUT2D eigenvalue weighted by molar-refractivity contribution is 0.0940. The largest absolute Gasteiger partial charge is 0.349 e. The van der Waals surface area contributed by atoms with Crippen LogP contribution in [-0.2, 0) is 0 Å². The molecule has 1 aromatic carbocycles. The monoisotopic (exact) mass is 229 g/mol. The Kier molecular flexibility index (Phi) is 3.23. The van der Waals surface area contributed by atoms with Crippen LogP contribution in [0.2, 0.25) is 0 Å². The molecule has 0 aliphatic heterocycles. The van der Waals surface area contributed by atoms with E-state index < -0.39 is 0 Å². The van der Waals surface area contributed by atoms with E-state index >= 15 is 0 Å². The Balaban J connectivity index is 2.15. The molecule has 4 nitrogen and oxygen atoms in total. The van der Waals surface area contributed by atoms with Gasteiger partial charge in [0.25, 0.3) is 5.91 Å². The second-order valence-electron chi connectivity index (χ2n) is 4.03. The van der Waals surface area contributed by atoms with E-state index in [1.54, 1.807) is 24.5 Å². The van der Waals surface area contributed by atoms with Gasteiger partial charge in [-0.15, -0.1) is 6.58 Å². The van der Waals surface area contributed by atoms with Gasteiger partial charge in [0.15, 0.2) is 0 Å². The van der Waals surface area contributed by atoms with Crippen molar-refractivity contribution in [2.24, 2.45) is 0 Å². The Bertz CT molecular complexity index is 544. The number of fused-ring (bicyclic) bond motifs is 1. The topological polar surface area (TPSA) is 57.8 Å². The summed E-state index contributed by atoms with van der Waals surface area (Å²) in [5.74, 6) is -0.0733. The van der Waals surface area contributed by atoms with Crippen molar-refractivity contribution in [2.45, 2.75) is 19.4 Å². The molecule has 0 aliphatic carbocycles. The summed E-state index contributed by atoms with van der Waals surface area (Å²) in [5, 5.41) is 2.91. The number of aromatic nitrogens is 2. The van der Waals surface area contributed by atoms with Gasteiger partial charge in [0.05, 0.1) is 17.4 Å². The van der Waals surface area contributed by atoms with Crippen LogP contribution in [-0.4, -0.2) is 21.9 Å². The molecule has 0 bridgehead atoms. The van der Waals surface area contributed by atoms with Crippen molar-refractivity contribution < 1.29 is 4.79 Å². The normalized spacial score (nSPS) is 12.3. The van der Waals surface area contributed by atoms with Crippen molar-refractivity contribution >= 4 is 16.9 Å².